The van der Waals surface area contributed by atoms with Crippen molar-refractivity contribution in [1.29, 1.82) is 0 Å². The van der Waals surface area contributed by atoms with Gasteiger partial charge < -0.3 is 14.4 Å². The van der Waals surface area contributed by atoms with E-state index in [9.17, 15) is 13.6 Å². The van der Waals surface area contributed by atoms with Gasteiger partial charge >= 0.3 is 0 Å². The minimum atomic E-state index is -0.695. The van der Waals surface area contributed by atoms with Crippen LogP contribution in [0.2, 0.25) is 0 Å². The molecule has 0 saturated carbocycles. The summed E-state index contributed by atoms with van der Waals surface area (Å²) in [6.07, 6.45) is -0.582. The molecule has 6 heteroatoms. The molecular weight excluding hydrogens is 352 g/mol. The molecule has 1 fully saturated rings. The van der Waals surface area contributed by atoms with Crippen LogP contribution >= 0.6 is 0 Å². The lowest BCUT2D eigenvalue weighted by Gasteiger charge is -2.33. The SMILES string of the molecule is Cc1ccc(OC[C@H]2CN(C(=O)Cc3c(F)ccc(C)c3F)CCO2)cc1. The fraction of sp³-hybridized carbons (Fsp3) is 0.381. The highest BCUT2D eigenvalue weighted by Crippen LogP contribution is 2.19. The molecular formula is C21H23F2NO3. The normalized spacial score (nSPS) is 17.0. The Morgan fingerprint density at radius 1 is 1.19 bits per heavy atom. The van der Waals surface area contributed by atoms with Crippen molar-refractivity contribution in [2.24, 2.45) is 0 Å². The second-order valence-corrected chi connectivity index (χ2v) is 6.79. The smallest absolute Gasteiger partial charge is 0.227 e. The summed E-state index contributed by atoms with van der Waals surface area (Å²) in [7, 11) is 0. The molecule has 0 N–H and O–H groups in total. The number of carbonyl (C=O) groups is 1. The second-order valence-electron chi connectivity index (χ2n) is 6.79. The quantitative estimate of drug-likeness (QED) is 0.804. The lowest BCUT2D eigenvalue weighted by Crippen LogP contribution is -2.48. The zero-order chi connectivity index (χ0) is 19.4. The summed E-state index contributed by atoms with van der Waals surface area (Å²) in [5.41, 5.74) is 1.29. The van der Waals surface area contributed by atoms with Crippen molar-refractivity contribution in [2.45, 2.75) is 26.4 Å². The van der Waals surface area contributed by atoms with E-state index in [1.54, 1.807) is 11.8 Å². The number of carbonyl (C=O) groups excluding carboxylic acids is 1. The van der Waals surface area contributed by atoms with Gasteiger partial charge in [-0.1, -0.05) is 23.8 Å². The molecule has 0 aliphatic carbocycles. The summed E-state index contributed by atoms with van der Waals surface area (Å²) < 4.78 is 39.4. The monoisotopic (exact) mass is 375 g/mol. The average Bonchev–Trinajstić information content (AvgIpc) is 2.68. The van der Waals surface area contributed by atoms with Gasteiger partial charge in [0, 0.05) is 12.1 Å². The van der Waals surface area contributed by atoms with Crippen molar-refractivity contribution < 1.29 is 23.0 Å². The van der Waals surface area contributed by atoms with Gasteiger partial charge in [0.15, 0.2) is 0 Å². The van der Waals surface area contributed by atoms with E-state index in [4.69, 9.17) is 9.47 Å². The predicted octanol–water partition coefficient (Wildman–Crippen LogP) is 3.43. The van der Waals surface area contributed by atoms with Crippen LogP contribution in [0.15, 0.2) is 36.4 Å². The number of halogens is 2. The Hall–Kier alpha value is -2.47. The third kappa shape index (κ3) is 4.83. The topological polar surface area (TPSA) is 38.8 Å². The molecule has 0 spiro atoms. The molecule has 3 rings (SSSR count). The van der Waals surface area contributed by atoms with Crippen LogP contribution in [0, 0.1) is 25.5 Å². The number of nitrogens with zero attached hydrogens (tertiary/aromatic N) is 1. The molecule has 1 aliphatic heterocycles. The summed E-state index contributed by atoms with van der Waals surface area (Å²) in [4.78, 5) is 14.1. The van der Waals surface area contributed by atoms with E-state index in [1.165, 1.54) is 12.1 Å². The van der Waals surface area contributed by atoms with Gasteiger partial charge in [-0.05, 0) is 37.6 Å². The largest absolute Gasteiger partial charge is 0.491 e. The van der Waals surface area contributed by atoms with E-state index < -0.39 is 11.6 Å². The molecule has 0 bridgehead atoms. The number of hydrogen-bond donors (Lipinski definition) is 0. The van der Waals surface area contributed by atoms with E-state index in [-0.39, 0.29) is 24.0 Å². The van der Waals surface area contributed by atoms with Crippen LogP contribution in [0.1, 0.15) is 16.7 Å². The van der Waals surface area contributed by atoms with E-state index >= 15 is 0 Å². The predicted molar refractivity (Wildman–Crippen MR) is 97.8 cm³/mol. The van der Waals surface area contributed by atoms with E-state index in [1.807, 2.05) is 31.2 Å². The highest BCUT2D eigenvalue weighted by atomic mass is 19.1. The highest BCUT2D eigenvalue weighted by molar-refractivity contribution is 5.79. The van der Waals surface area contributed by atoms with Crippen LogP contribution in [0.3, 0.4) is 0 Å². The molecule has 27 heavy (non-hydrogen) atoms. The average molecular weight is 375 g/mol. The molecule has 0 unspecified atom stereocenters. The van der Waals surface area contributed by atoms with E-state index in [0.717, 1.165) is 11.3 Å². The van der Waals surface area contributed by atoms with Gasteiger partial charge in [-0.15, -0.1) is 0 Å². The Kier molecular flexibility index (Phi) is 6.06. The van der Waals surface area contributed by atoms with Crippen molar-refractivity contribution in [2.75, 3.05) is 26.3 Å². The maximum absolute atomic E-state index is 14.1. The Balaban J connectivity index is 1.58. The summed E-state index contributed by atoms with van der Waals surface area (Å²) in [5, 5.41) is 0. The molecule has 0 aromatic heterocycles. The van der Waals surface area contributed by atoms with Gasteiger partial charge in [0.05, 0.1) is 19.6 Å². The summed E-state index contributed by atoms with van der Waals surface area (Å²) in [6.45, 7) is 4.95. The number of ether oxygens (including phenoxy) is 2. The Labute approximate surface area is 157 Å². The molecule has 4 nitrogen and oxygen atoms in total. The van der Waals surface area contributed by atoms with Crippen molar-refractivity contribution in [3.8, 4) is 5.75 Å². The Morgan fingerprint density at radius 2 is 1.93 bits per heavy atom. The maximum atomic E-state index is 14.1. The second kappa shape index (κ2) is 8.48. The summed E-state index contributed by atoms with van der Waals surface area (Å²) in [6, 6.07) is 10.2. The maximum Gasteiger partial charge on any atom is 0.227 e. The Bertz CT molecular complexity index is 808. The fourth-order valence-corrected chi connectivity index (χ4v) is 3.01. The van der Waals surface area contributed by atoms with E-state index in [0.29, 0.717) is 31.9 Å². The van der Waals surface area contributed by atoms with Crippen molar-refractivity contribution >= 4 is 5.91 Å². The van der Waals surface area contributed by atoms with Crippen molar-refractivity contribution in [1.82, 2.24) is 4.90 Å². The molecule has 1 atom stereocenters. The standard InChI is InChI=1S/C21H23F2NO3/c1-14-3-6-16(7-4-14)27-13-17-12-24(9-10-26-17)20(25)11-18-19(22)8-5-15(2)21(18)23/h3-8,17H,9-13H2,1-2H3/t17-/m1/s1. The van der Waals surface area contributed by atoms with E-state index in [2.05, 4.69) is 0 Å². The number of hydrogen-bond acceptors (Lipinski definition) is 3. The van der Waals surface area contributed by atoms with Gasteiger partial charge in [-0.25, -0.2) is 8.78 Å². The first-order chi connectivity index (χ1) is 12.9. The number of morpholine rings is 1. The van der Waals surface area contributed by atoms with Crippen LogP contribution in [0.5, 0.6) is 5.75 Å². The first-order valence-electron chi connectivity index (χ1n) is 8.96. The third-order valence-electron chi connectivity index (χ3n) is 4.66. The van der Waals surface area contributed by atoms with Gasteiger partial charge in [0.1, 0.15) is 30.1 Å². The number of aryl methyl sites for hydroxylation is 2. The molecule has 144 valence electrons. The van der Waals surface area contributed by atoms with Crippen LogP contribution < -0.4 is 4.74 Å². The minimum Gasteiger partial charge on any atom is -0.491 e. The molecule has 0 radical (unpaired) electrons. The van der Waals surface area contributed by atoms with Crippen LogP contribution in [-0.4, -0.2) is 43.2 Å². The highest BCUT2D eigenvalue weighted by Gasteiger charge is 2.26. The minimum absolute atomic E-state index is 0.182. The fourth-order valence-electron chi connectivity index (χ4n) is 3.01. The zero-order valence-electron chi connectivity index (χ0n) is 15.5. The third-order valence-corrected chi connectivity index (χ3v) is 4.66. The van der Waals surface area contributed by atoms with Crippen LogP contribution in [-0.2, 0) is 16.0 Å². The number of benzene rings is 2. The molecule has 1 aliphatic rings. The van der Waals surface area contributed by atoms with Crippen molar-refractivity contribution in [3.63, 3.8) is 0 Å². The first kappa shape index (κ1) is 19.3. The summed E-state index contributed by atoms with van der Waals surface area (Å²) in [5.74, 6) is -0.937. The molecule has 1 saturated heterocycles. The first-order valence-corrected chi connectivity index (χ1v) is 8.96. The van der Waals surface area contributed by atoms with Crippen molar-refractivity contribution in [3.05, 3.63) is 64.7 Å². The van der Waals surface area contributed by atoms with Gasteiger partial charge in [-0.2, -0.15) is 0 Å². The van der Waals surface area contributed by atoms with Crippen LogP contribution in [0.25, 0.3) is 0 Å². The molecule has 2 aromatic carbocycles. The molecule has 1 amide bonds. The Morgan fingerprint density at radius 3 is 2.67 bits per heavy atom. The van der Waals surface area contributed by atoms with Gasteiger partial charge in [-0.3, -0.25) is 4.79 Å². The van der Waals surface area contributed by atoms with Gasteiger partial charge in [0.2, 0.25) is 5.91 Å². The molecule has 1 heterocycles. The summed E-state index contributed by atoms with van der Waals surface area (Å²) >= 11 is 0. The zero-order valence-corrected chi connectivity index (χ0v) is 15.5. The van der Waals surface area contributed by atoms with Gasteiger partial charge in [0.25, 0.3) is 0 Å². The number of rotatable bonds is 5. The number of amides is 1. The van der Waals surface area contributed by atoms with Crippen LogP contribution in [0.4, 0.5) is 8.78 Å². The lowest BCUT2D eigenvalue weighted by atomic mass is 10.1. The molecule has 2 aromatic rings. The lowest BCUT2D eigenvalue weighted by molar-refractivity contribution is -0.139.